The summed E-state index contributed by atoms with van der Waals surface area (Å²) in [5, 5.41) is 6.71. The lowest BCUT2D eigenvalue weighted by Gasteiger charge is -2.01. The van der Waals surface area contributed by atoms with Gasteiger partial charge in [-0.2, -0.15) is 0 Å². The summed E-state index contributed by atoms with van der Waals surface area (Å²) in [7, 11) is 1.62. The van der Waals surface area contributed by atoms with E-state index in [0.29, 0.717) is 16.5 Å². The topological polar surface area (TPSA) is 50.7 Å². The van der Waals surface area contributed by atoms with E-state index in [9.17, 15) is 9.18 Å². The molecule has 0 amide bonds. The third kappa shape index (κ3) is 2.16. The third-order valence-electron chi connectivity index (χ3n) is 2.15. The minimum atomic E-state index is -0.268. The number of hydrogen-bond donors (Lipinski definition) is 1. The predicted octanol–water partition coefficient (Wildman–Crippen LogP) is 1.54. The molecule has 0 fully saturated rings. The highest BCUT2D eigenvalue weighted by Gasteiger charge is 2.06. The van der Waals surface area contributed by atoms with Crippen LogP contribution in [0.4, 0.5) is 4.39 Å². The molecular weight excluding hydrogens is 229 g/mol. The molecule has 0 bridgehead atoms. The van der Waals surface area contributed by atoms with Gasteiger partial charge in [-0.15, -0.1) is 5.10 Å². The molecule has 2 rings (SSSR count). The van der Waals surface area contributed by atoms with E-state index in [0.717, 1.165) is 0 Å². The second-order valence-electron chi connectivity index (χ2n) is 3.25. The highest BCUT2D eigenvalue weighted by atomic mass is 32.2. The average molecular weight is 239 g/mol. The van der Waals surface area contributed by atoms with E-state index >= 15 is 0 Å². The monoisotopic (exact) mass is 239 g/mol. The van der Waals surface area contributed by atoms with Gasteiger partial charge in [-0.25, -0.2) is 14.3 Å². The van der Waals surface area contributed by atoms with Crippen LogP contribution in [0.15, 0.2) is 34.2 Å². The second kappa shape index (κ2) is 4.52. The van der Waals surface area contributed by atoms with E-state index in [1.807, 2.05) is 0 Å². The van der Waals surface area contributed by atoms with Gasteiger partial charge in [-0.05, 0) is 11.6 Å². The van der Waals surface area contributed by atoms with E-state index in [2.05, 4.69) is 10.2 Å². The first-order valence-corrected chi connectivity index (χ1v) is 5.64. The highest BCUT2D eigenvalue weighted by molar-refractivity contribution is 7.98. The molecule has 84 valence electrons. The van der Waals surface area contributed by atoms with Crippen molar-refractivity contribution in [2.75, 3.05) is 0 Å². The maximum atomic E-state index is 13.3. The van der Waals surface area contributed by atoms with E-state index < -0.39 is 0 Å². The van der Waals surface area contributed by atoms with Gasteiger partial charge in [0.2, 0.25) is 0 Å². The summed E-state index contributed by atoms with van der Waals surface area (Å²) in [4.78, 5) is 11.1. The van der Waals surface area contributed by atoms with Gasteiger partial charge in [0.15, 0.2) is 5.16 Å². The fourth-order valence-corrected chi connectivity index (χ4v) is 2.12. The number of nitrogens with one attached hydrogen (secondary N) is 1. The van der Waals surface area contributed by atoms with Gasteiger partial charge in [-0.3, -0.25) is 4.57 Å². The van der Waals surface area contributed by atoms with Crippen LogP contribution in [0.1, 0.15) is 5.56 Å². The Labute approximate surface area is 95.5 Å². The zero-order valence-electron chi connectivity index (χ0n) is 8.61. The summed E-state index contributed by atoms with van der Waals surface area (Å²) >= 11 is 1.32. The summed E-state index contributed by atoms with van der Waals surface area (Å²) in [6.45, 7) is 0. The number of benzene rings is 1. The van der Waals surface area contributed by atoms with Crippen molar-refractivity contribution < 1.29 is 4.39 Å². The van der Waals surface area contributed by atoms with Gasteiger partial charge in [0.25, 0.3) is 0 Å². The molecule has 1 N–H and O–H groups in total. The molecule has 0 unspecified atom stereocenters. The molecule has 0 spiro atoms. The number of halogens is 1. The van der Waals surface area contributed by atoms with E-state index in [4.69, 9.17) is 0 Å². The van der Waals surface area contributed by atoms with Gasteiger partial charge >= 0.3 is 5.69 Å². The van der Waals surface area contributed by atoms with Crippen molar-refractivity contribution in [2.24, 2.45) is 7.05 Å². The highest BCUT2D eigenvalue weighted by Crippen LogP contribution is 2.20. The Hall–Kier alpha value is -1.56. The SMILES string of the molecule is Cn1c(SCc2ccccc2F)n[nH]c1=O. The van der Waals surface area contributed by atoms with Gasteiger partial charge in [0.1, 0.15) is 5.82 Å². The summed E-state index contributed by atoms with van der Waals surface area (Å²) in [5.74, 6) is 0.209. The van der Waals surface area contributed by atoms with Gasteiger partial charge < -0.3 is 0 Å². The summed E-state index contributed by atoms with van der Waals surface area (Å²) < 4.78 is 14.7. The van der Waals surface area contributed by atoms with Crippen molar-refractivity contribution in [3.05, 3.63) is 46.1 Å². The number of thioether (sulfide) groups is 1. The van der Waals surface area contributed by atoms with Crippen LogP contribution in [0.3, 0.4) is 0 Å². The maximum Gasteiger partial charge on any atom is 0.343 e. The van der Waals surface area contributed by atoms with Crippen LogP contribution in [-0.4, -0.2) is 14.8 Å². The first-order valence-electron chi connectivity index (χ1n) is 4.66. The molecule has 1 aromatic heterocycles. The van der Waals surface area contributed by atoms with Gasteiger partial charge in [0.05, 0.1) is 0 Å². The molecule has 0 saturated heterocycles. The van der Waals surface area contributed by atoms with Crippen LogP contribution in [-0.2, 0) is 12.8 Å². The Morgan fingerprint density at radius 1 is 1.50 bits per heavy atom. The minimum absolute atomic E-state index is 0.240. The molecule has 1 heterocycles. The van der Waals surface area contributed by atoms with Crippen molar-refractivity contribution in [2.45, 2.75) is 10.9 Å². The molecule has 0 aliphatic carbocycles. The second-order valence-corrected chi connectivity index (χ2v) is 4.19. The number of hydrogen-bond acceptors (Lipinski definition) is 3. The molecule has 4 nitrogen and oxygen atoms in total. The zero-order chi connectivity index (χ0) is 11.5. The Kier molecular flexibility index (Phi) is 3.09. The van der Waals surface area contributed by atoms with Crippen LogP contribution in [0, 0.1) is 5.82 Å². The Balaban J connectivity index is 2.11. The molecule has 0 aliphatic rings. The maximum absolute atomic E-state index is 13.3. The molecule has 0 atom stereocenters. The Morgan fingerprint density at radius 2 is 2.25 bits per heavy atom. The van der Waals surface area contributed by atoms with Crippen LogP contribution in [0.2, 0.25) is 0 Å². The zero-order valence-corrected chi connectivity index (χ0v) is 9.42. The lowest BCUT2D eigenvalue weighted by Crippen LogP contribution is -2.12. The lowest BCUT2D eigenvalue weighted by molar-refractivity contribution is 0.617. The molecule has 0 radical (unpaired) electrons. The third-order valence-corrected chi connectivity index (χ3v) is 3.23. The fraction of sp³-hybridized carbons (Fsp3) is 0.200. The molecule has 0 saturated carbocycles. The van der Waals surface area contributed by atoms with Crippen LogP contribution in [0.25, 0.3) is 0 Å². The van der Waals surface area contributed by atoms with Crippen LogP contribution < -0.4 is 5.69 Å². The number of aromatic nitrogens is 3. The molecule has 2 aromatic rings. The molecule has 0 aliphatic heterocycles. The predicted molar refractivity (Wildman–Crippen MR) is 59.8 cm³/mol. The average Bonchev–Trinajstić information content (AvgIpc) is 2.59. The fourth-order valence-electron chi connectivity index (χ4n) is 1.22. The van der Waals surface area contributed by atoms with Crippen molar-refractivity contribution in [1.82, 2.24) is 14.8 Å². The molecule has 6 heteroatoms. The number of nitrogens with zero attached hydrogens (tertiary/aromatic N) is 2. The molecule has 1 aromatic carbocycles. The number of rotatable bonds is 3. The van der Waals surface area contributed by atoms with Crippen LogP contribution >= 0.6 is 11.8 Å². The minimum Gasteiger partial charge on any atom is -0.273 e. The largest absolute Gasteiger partial charge is 0.343 e. The quantitative estimate of drug-likeness (QED) is 0.826. The van der Waals surface area contributed by atoms with E-state index in [1.54, 1.807) is 25.2 Å². The standard InChI is InChI=1S/C10H10FN3OS/c1-14-9(15)12-13-10(14)16-6-7-4-2-3-5-8(7)11/h2-5H,6H2,1H3,(H,12,15). The van der Waals surface area contributed by atoms with Crippen molar-refractivity contribution in [3.63, 3.8) is 0 Å². The van der Waals surface area contributed by atoms with Gasteiger partial charge in [-0.1, -0.05) is 30.0 Å². The molecule has 16 heavy (non-hydrogen) atoms. The molecular formula is C10H10FN3OS. The lowest BCUT2D eigenvalue weighted by atomic mass is 10.2. The first kappa shape index (κ1) is 10.9. The van der Waals surface area contributed by atoms with E-state index in [-0.39, 0.29) is 11.5 Å². The summed E-state index contributed by atoms with van der Waals surface area (Å²) in [5.41, 5.74) is 0.332. The summed E-state index contributed by atoms with van der Waals surface area (Å²) in [6, 6.07) is 6.56. The smallest absolute Gasteiger partial charge is 0.273 e. The Bertz CT molecular complexity index is 549. The van der Waals surface area contributed by atoms with Crippen molar-refractivity contribution >= 4 is 11.8 Å². The van der Waals surface area contributed by atoms with Crippen LogP contribution in [0.5, 0.6) is 0 Å². The summed E-state index contributed by atoms with van der Waals surface area (Å²) in [6.07, 6.45) is 0. The van der Waals surface area contributed by atoms with Crippen molar-refractivity contribution in [3.8, 4) is 0 Å². The van der Waals surface area contributed by atoms with Crippen molar-refractivity contribution in [1.29, 1.82) is 0 Å². The normalized spacial score (nSPS) is 10.6. The number of H-pyrrole nitrogens is 1. The van der Waals surface area contributed by atoms with Gasteiger partial charge in [0, 0.05) is 12.8 Å². The first-order chi connectivity index (χ1) is 7.68. The van der Waals surface area contributed by atoms with E-state index in [1.165, 1.54) is 22.4 Å². The Morgan fingerprint density at radius 3 is 2.88 bits per heavy atom. The number of aromatic amines is 1.